The summed E-state index contributed by atoms with van der Waals surface area (Å²) in [5.74, 6) is 1.13. The number of hydrogen-bond donors (Lipinski definition) is 1. The summed E-state index contributed by atoms with van der Waals surface area (Å²) in [7, 11) is 1.56. The fourth-order valence-electron chi connectivity index (χ4n) is 0.877. The quantitative estimate of drug-likeness (QED) is 0.705. The van der Waals surface area contributed by atoms with Crippen molar-refractivity contribution in [2.45, 2.75) is 0 Å². The van der Waals surface area contributed by atoms with Crippen LogP contribution in [0, 0.1) is 11.3 Å². The van der Waals surface area contributed by atoms with Crippen molar-refractivity contribution in [1.29, 1.82) is 5.26 Å². The predicted molar refractivity (Wildman–Crippen MR) is 48.5 cm³/mol. The van der Waals surface area contributed by atoms with Gasteiger partial charge in [-0.25, -0.2) is 0 Å². The lowest BCUT2D eigenvalue weighted by Crippen LogP contribution is -1.98. The SMILES string of the molecule is COc1ccc(N)c(OCC#N)c1. The number of nitriles is 1. The smallest absolute Gasteiger partial charge is 0.174 e. The van der Waals surface area contributed by atoms with Crippen LogP contribution in [0.3, 0.4) is 0 Å². The van der Waals surface area contributed by atoms with E-state index in [4.69, 9.17) is 20.5 Å². The molecule has 4 nitrogen and oxygen atoms in total. The lowest BCUT2D eigenvalue weighted by Gasteiger charge is -2.07. The molecule has 0 heterocycles. The van der Waals surface area contributed by atoms with Crippen LogP contribution in [0.1, 0.15) is 0 Å². The molecular formula is C9H10N2O2. The average molecular weight is 178 g/mol. The van der Waals surface area contributed by atoms with Crippen LogP contribution in [-0.4, -0.2) is 13.7 Å². The third-order valence-corrected chi connectivity index (χ3v) is 1.51. The van der Waals surface area contributed by atoms with E-state index in [2.05, 4.69) is 0 Å². The van der Waals surface area contributed by atoms with Crippen LogP contribution in [-0.2, 0) is 0 Å². The number of nitrogens with zero attached hydrogens (tertiary/aromatic N) is 1. The summed E-state index contributed by atoms with van der Waals surface area (Å²) in [4.78, 5) is 0. The summed E-state index contributed by atoms with van der Waals surface area (Å²) in [6.07, 6.45) is 0. The van der Waals surface area contributed by atoms with Gasteiger partial charge in [-0.3, -0.25) is 0 Å². The van der Waals surface area contributed by atoms with E-state index in [1.807, 2.05) is 6.07 Å². The number of benzene rings is 1. The van der Waals surface area contributed by atoms with Crippen molar-refractivity contribution < 1.29 is 9.47 Å². The molecule has 1 aromatic carbocycles. The standard InChI is InChI=1S/C9H10N2O2/c1-12-7-2-3-8(11)9(6-7)13-5-4-10/h2-3,6H,5,11H2,1H3. The molecule has 1 rings (SSSR count). The molecule has 68 valence electrons. The molecular weight excluding hydrogens is 168 g/mol. The molecule has 1 aromatic rings. The van der Waals surface area contributed by atoms with Crippen LogP contribution in [0.25, 0.3) is 0 Å². The third kappa shape index (κ3) is 2.27. The first-order valence-corrected chi connectivity index (χ1v) is 3.71. The number of nitrogen functional groups attached to an aromatic ring is 1. The summed E-state index contributed by atoms with van der Waals surface area (Å²) in [5, 5.41) is 8.30. The van der Waals surface area contributed by atoms with Crippen LogP contribution in [0.5, 0.6) is 11.5 Å². The number of hydrogen-bond acceptors (Lipinski definition) is 4. The highest BCUT2D eigenvalue weighted by Gasteiger charge is 2.01. The van der Waals surface area contributed by atoms with Gasteiger partial charge in [-0.15, -0.1) is 0 Å². The van der Waals surface area contributed by atoms with Crippen LogP contribution >= 0.6 is 0 Å². The number of anilines is 1. The molecule has 0 aliphatic rings. The molecule has 0 unspecified atom stereocenters. The molecule has 0 aromatic heterocycles. The fourth-order valence-corrected chi connectivity index (χ4v) is 0.877. The van der Waals surface area contributed by atoms with Gasteiger partial charge in [-0.1, -0.05) is 0 Å². The van der Waals surface area contributed by atoms with Crippen molar-refractivity contribution in [2.24, 2.45) is 0 Å². The van der Waals surface area contributed by atoms with E-state index in [0.29, 0.717) is 17.2 Å². The van der Waals surface area contributed by atoms with E-state index in [-0.39, 0.29) is 6.61 Å². The second-order valence-corrected chi connectivity index (χ2v) is 2.35. The summed E-state index contributed by atoms with van der Waals surface area (Å²) in [6, 6.07) is 6.91. The van der Waals surface area contributed by atoms with Gasteiger partial charge >= 0.3 is 0 Å². The monoisotopic (exact) mass is 178 g/mol. The number of methoxy groups -OCH3 is 1. The van der Waals surface area contributed by atoms with Gasteiger partial charge in [0.2, 0.25) is 0 Å². The Hall–Kier alpha value is -1.89. The summed E-state index contributed by atoms with van der Waals surface area (Å²) in [6.45, 7) is -0.0165. The van der Waals surface area contributed by atoms with Crippen LogP contribution < -0.4 is 15.2 Å². The zero-order valence-electron chi connectivity index (χ0n) is 7.28. The van der Waals surface area contributed by atoms with Crippen molar-refractivity contribution >= 4 is 5.69 Å². The molecule has 0 atom stereocenters. The van der Waals surface area contributed by atoms with E-state index in [0.717, 1.165) is 0 Å². The number of rotatable bonds is 3. The first-order valence-electron chi connectivity index (χ1n) is 3.71. The van der Waals surface area contributed by atoms with Crippen molar-refractivity contribution in [2.75, 3.05) is 19.5 Å². The predicted octanol–water partition coefficient (Wildman–Crippen LogP) is 1.18. The van der Waals surface area contributed by atoms with Crippen LogP contribution in [0.2, 0.25) is 0 Å². The first-order chi connectivity index (χ1) is 6.27. The molecule has 0 fully saturated rings. The van der Waals surface area contributed by atoms with Crippen LogP contribution in [0.15, 0.2) is 18.2 Å². The van der Waals surface area contributed by atoms with E-state index in [1.54, 1.807) is 25.3 Å². The lowest BCUT2D eigenvalue weighted by molar-refractivity contribution is 0.363. The summed E-state index contributed by atoms with van der Waals surface area (Å²) < 4.78 is 10.0. The normalized spacial score (nSPS) is 8.92. The van der Waals surface area contributed by atoms with Crippen molar-refractivity contribution in [3.63, 3.8) is 0 Å². The molecule has 0 radical (unpaired) electrons. The lowest BCUT2D eigenvalue weighted by atomic mass is 10.3. The molecule has 2 N–H and O–H groups in total. The Labute approximate surface area is 76.5 Å². The van der Waals surface area contributed by atoms with Gasteiger partial charge in [-0.2, -0.15) is 5.26 Å². The van der Waals surface area contributed by atoms with E-state index in [1.165, 1.54) is 0 Å². The van der Waals surface area contributed by atoms with E-state index in [9.17, 15) is 0 Å². The van der Waals surface area contributed by atoms with Gasteiger partial charge in [0.1, 0.15) is 17.6 Å². The summed E-state index contributed by atoms with van der Waals surface area (Å²) >= 11 is 0. The second-order valence-electron chi connectivity index (χ2n) is 2.35. The zero-order chi connectivity index (χ0) is 9.68. The molecule has 13 heavy (non-hydrogen) atoms. The Bertz CT molecular complexity index is 331. The van der Waals surface area contributed by atoms with Gasteiger partial charge < -0.3 is 15.2 Å². The van der Waals surface area contributed by atoms with Gasteiger partial charge in [0.15, 0.2) is 6.61 Å². The van der Waals surface area contributed by atoms with Gasteiger partial charge in [-0.05, 0) is 12.1 Å². The van der Waals surface area contributed by atoms with Gasteiger partial charge in [0, 0.05) is 6.07 Å². The second kappa shape index (κ2) is 4.21. The molecule has 0 bridgehead atoms. The largest absolute Gasteiger partial charge is 0.497 e. The first kappa shape index (κ1) is 9.20. The van der Waals surface area contributed by atoms with E-state index < -0.39 is 0 Å². The Morgan fingerprint density at radius 1 is 1.54 bits per heavy atom. The maximum absolute atomic E-state index is 8.30. The highest BCUT2D eigenvalue weighted by Crippen LogP contribution is 2.26. The van der Waals surface area contributed by atoms with Crippen molar-refractivity contribution in [3.05, 3.63) is 18.2 Å². The topological polar surface area (TPSA) is 68.3 Å². The average Bonchev–Trinajstić information content (AvgIpc) is 2.17. The minimum Gasteiger partial charge on any atom is -0.497 e. The Morgan fingerprint density at radius 2 is 2.31 bits per heavy atom. The number of ether oxygens (including phenoxy) is 2. The molecule has 0 saturated heterocycles. The van der Waals surface area contributed by atoms with Crippen molar-refractivity contribution in [3.8, 4) is 17.6 Å². The Morgan fingerprint density at radius 3 is 2.92 bits per heavy atom. The van der Waals surface area contributed by atoms with E-state index >= 15 is 0 Å². The number of nitrogens with two attached hydrogens (primary N) is 1. The molecule has 0 spiro atoms. The minimum atomic E-state index is -0.0165. The summed E-state index contributed by atoms with van der Waals surface area (Å²) in [5.41, 5.74) is 6.09. The van der Waals surface area contributed by atoms with Gasteiger partial charge in [0.25, 0.3) is 0 Å². The minimum absolute atomic E-state index is 0.0165. The molecule has 0 aliphatic heterocycles. The fraction of sp³-hybridized carbons (Fsp3) is 0.222. The molecule has 0 aliphatic carbocycles. The van der Waals surface area contributed by atoms with Crippen molar-refractivity contribution in [1.82, 2.24) is 0 Å². The highest BCUT2D eigenvalue weighted by molar-refractivity contribution is 5.55. The van der Waals surface area contributed by atoms with Gasteiger partial charge in [0.05, 0.1) is 12.8 Å². The Balaban J connectivity index is 2.85. The highest BCUT2D eigenvalue weighted by atomic mass is 16.5. The maximum Gasteiger partial charge on any atom is 0.174 e. The zero-order valence-corrected chi connectivity index (χ0v) is 7.28. The Kier molecular flexibility index (Phi) is 2.98. The third-order valence-electron chi connectivity index (χ3n) is 1.51. The molecule has 4 heteroatoms. The molecule has 0 amide bonds. The van der Waals surface area contributed by atoms with Crippen LogP contribution in [0.4, 0.5) is 5.69 Å². The maximum atomic E-state index is 8.30. The molecule has 0 saturated carbocycles.